The minimum atomic E-state index is 0.491. The van der Waals surface area contributed by atoms with E-state index in [4.69, 9.17) is 16.6 Å². The molecule has 2 aromatic heterocycles. The number of hydrogen-bond donors (Lipinski definition) is 0. The second-order valence-corrected chi connectivity index (χ2v) is 6.73. The normalized spacial score (nSPS) is 15.7. The van der Waals surface area contributed by atoms with Gasteiger partial charge in [0.1, 0.15) is 11.0 Å². The third kappa shape index (κ3) is 3.32. The first kappa shape index (κ1) is 16.3. The Morgan fingerprint density at radius 3 is 2.60 bits per heavy atom. The van der Waals surface area contributed by atoms with E-state index < -0.39 is 0 Å². The summed E-state index contributed by atoms with van der Waals surface area (Å²) in [6, 6.07) is 14.4. The second-order valence-electron chi connectivity index (χ2n) is 6.34. The molecule has 1 fully saturated rings. The van der Waals surface area contributed by atoms with E-state index in [0.717, 1.165) is 49.8 Å². The summed E-state index contributed by atoms with van der Waals surface area (Å²) in [7, 11) is 0. The van der Waals surface area contributed by atoms with Crippen molar-refractivity contribution in [3.63, 3.8) is 0 Å². The lowest BCUT2D eigenvalue weighted by Gasteiger charge is -2.35. The Bertz CT molecular complexity index is 888. The van der Waals surface area contributed by atoms with Crippen LogP contribution in [0.2, 0.25) is 5.15 Å². The Balaban J connectivity index is 1.79. The molecule has 4 rings (SSSR count). The van der Waals surface area contributed by atoms with E-state index in [9.17, 15) is 0 Å². The monoisotopic (exact) mass is 352 g/mol. The van der Waals surface area contributed by atoms with Crippen LogP contribution in [-0.2, 0) is 0 Å². The van der Waals surface area contributed by atoms with Crippen LogP contribution in [0.15, 0.2) is 48.7 Å². The summed E-state index contributed by atoms with van der Waals surface area (Å²) in [5.74, 6) is 1.07. The highest BCUT2D eigenvalue weighted by Crippen LogP contribution is 2.31. The van der Waals surface area contributed by atoms with Gasteiger partial charge in [0, 0.05) is 43.3 Å². The lowest BCUT2D eigenvalue weighted by molar-refractivity contribution is 0.271. The van der Waals surface area contributed by atoms with Crippen LogP contribution < -0.4 is 4.90 Å². The molecule has 1 aromatic carbocycles. The number of anilines is 1. The van der Waals surface area contributed by atoms with Gasteiger partial charge >= 0.3 is 0 Å². The van der Waals surface area contributed by atoms with Gasteiger partial charge in [0.15, 0.2) is 0 Å². The largest absolute Gasteiger partial charge is 0.354 e. The van der Waals surface area contributed by atoms with Gasteiger partial charge < -0.3 is 9.80 Å². The van der Waals surface area contributed by atoms with Crippen LogP contribution in [0.1, 0.15) is 6.92 Å². The van der Waals surface area contributed by atoms with Crippen LogP contribution in [-0.4, -0.2) is 47.6 Å². The first-order chi connectivity index (χ1) is 12.2. The number of piperazine rings is 1. The fraction of sp³-hybridized carbons (Fsp3) is 0.300. The predicted molar refractivity (Wildman–Crippen MR) is 104 cm³/mol. The van der Waals surface area contributed by atoms with Crippen molar-refractivity contribution < 1.29 is 0 Å². The first-order valence-electron chi connectivity index (χ1n) is 8.73. The number of hydrogen-bond acceptors (Lipinski definition) is 4. The Morgan fingerprint density at radius 1 is 1.04 bits per heavy atom. The molecular weight excluding hydrogens is 332 g/mol. The summed E-state index contributed by atoms with van der Waals surface area (Å²) < 4.78 is 0. The molecule has 0 N–H and O–H groups in total. The molecule has 0 aliphatic carbocycles. The molecule has 1 aliphatic heterocycles. The van der Waals surface area contributed by atoms with Crippen LogP contribution in [0.25, 0.3) is 22.0 Å². The van der Waals surface area contributed by atoms with Gasteiger partial charge in [-0.15, -0.1) is 0 Å². The number of nitrogens with zero attached hydrogens (tertiary/aromatic N) is 4. The number of rotatable bonds is 3. The molecule has 0 unspecified atom stereocenters. The summed E-state index contributed by atoms with van der Waals surface area (Å²) in [5.41, 5.74) is 1.94. The van der Waals surface area contributed by atoms with Gasteiger partial charge in [-0.25, -0.2) is 9.97 Å². The van der Waals surface area contributed by atoms with Crippen LogP contribution in [0, 0.1) is 0 Å². The van der Waals surface area contributed by atoms with Crippen molar-refractivity contribution in [2.24, 2.45) is 0 Å². The molecule has 0 bridgehead atoms. The van der Waals surface area contributed by atoms with E-state index in [1.165, 1.54) is 10.8 Å². The zero-order valence-corrected chi connectivity index (χ0v) is 15.1. The summed E-state index contributed by atoms with van der Waals surface area (Å²) >= 11 is 6.08. The van der Waals surface area contributed by atoms with E-state index in [2.05, 4.69) is 52.0 Å². The van der Waals surface area contributed by atoms with Gasteiger partial charge in [-0.1, -0.05) is 42.8 Å². The van der Waals surface area contributed by atoms with Crippen molar-refractivity contribution in [2.75, 3.05) is 37.6 Å². The van der Waals surface area contributed by atoms with Gasteiger partial charge in [-0.3, -0.25) is 0 Å². The lowest BCUT2D eigenvalue weighted by atomic mass is 10.1. The zero-order chi connectivity index (χ0) is 17.2. The van der Waals surface area contributed by atoms with Gasteiger partial charge in [-0.2, -0.15) is 0 Å². The molecule has 5 heteroatoms. The Kier molecular flexibility index (Phi) is 4.55. The van der Waals surface area contributed by atoms with Gasteiger partial charge in [0.2, 0.25) is 0 Å². The number of halogens is 1. The Morgan fingerprint density at radius 2 is 1.84 bits per heavy atom. The molecule has 3 aromatic rings. The van der Waals surface area contributed by atoms with E-state index in [1.807, 2.05) is 12.1 Å². The van der Waals surface area contributed by atoms with Gasteiger partial charge in [0.05, 0.1) is 5.69 Å². The van der Waals surface area contributed by atoms with Crippen molar-refractivity contribution in [2.45, 2.75) is 6.92 Å². The molecule has 128 valence electrons. The molecule has 25 heavy (non-hydrogen) atoms. The molecule has 1 saturated heterocycles. The minimum absolute atomic E-state index is 0.491. The van der Waals surface area contributed by atoms with E-state index in [-0.39, 0.29) is 0 Å². The van der Waals surface area contributed by atoms with Crippen molar-refractivity contribution in [1.29, 1.82) is 0 Å². The average Bonchev–Trinajstić information content (AvgIpc) is 2.67. The van der Waals surface area contributed by atoms with Crippen LogP contribution in [0.4, 0.5) is 5.82 Å². The first-order valence-corrected chi connectivity index (χ1v) is 9.11. The van der Waals surface area contributed by atoms with Crippen molar-refractivity contribution in [3.8, 4) is 11.3 Å². The smallest absolute Gasteiger partial charge is 0.137 e. The van der Waals surface area contributed by atoms with Crippen molar-refractivity contribution in [3.05, 3.63) is 53.8 Å². The highest BCUT2D eigenvalue weighted by Gasteiger charge is 2.19. The maximum absolute atomic E-state index is 6.08. The van der Waals surface area contributed by atoms with E-state index in [0.29, 0.717) is 5.15 Å². The highest BCUT2D eigenvalue weighted by molar-refractivity contribution is 6.29. The molecule has 1 aliphatic rings. The second kappa shape index (κ2) is 6.98. The highest BCUT2D eigenvalue weighted by atomic mass is 35.5. The molecule has 0 amide bonds. The molecule has 3 heterocycles. The molecule has 0 spiro atoms. The van der Waals surface area contributed by atoms with Crippen LogP contribution in [0.5, 0.6) is 0 Å². The molecular formula is C20H21ClN4. The lowest BCUT2D eigenvalue weighted by Crippen LogP contribution is -2.46. The number of aromatic nitrogens is 2. The number of likely N-dealkylation sites (N-methyl/N-ethyl adjacent to an activating group) is 1. The topological polar surface area (TPSA) is 32.3 Å². The maximum atomic E-state index is 6.08. The standard InChI is InChI=1S/C20H21ClN4/c1-2-24-9-11-25(12-10-24)20-17-6-4-3-5-15(17)13-18(23-20)16-7-8-22-19(21)14-16/h3-8,13-14H,2,9-12H2,1H3. The van der Waals surface area contributed by atoms with Crippen LogP contribution >= 0.6 is 11.6 Å². The maximum Gasteiger partial charge on any atom is 0.137 e. The summed E-state index contributed by atoms with van der Waals surface area (Å²) in [5, 5.41) is 2.90. The summed E-state index contributed by atoms with van der Waals surface area (Å²) in [4.78, 5) is 14.0. The minimum Gasteiger partial charge on any atom is -0.354 e. The number of fused-ring (bicyclic) bond motifs is 1. The fourth-order valence-electron chi connectivity index (χ4n) is 3.41. The quantitative estimate of drug-likeness (QED) is 0.664. The summed E-state index contributed by atoms with van der Waals surface area (Å²) in [6.45, 7) is 7.50. The zero-order valence-electron chi connectivity index (χ0n) is 14.3. The number of pyridine rings is 2. The van der Waals surface area contributed by atoms with Crippen LogP contribution in [0.3, 0.4) is 0 Å². The third-order valence-corrected chi connectivity index (χ3v) is 5.07. The predicted octanol–water partition coefficient (Wildman–Crippen LogP) is 4.09. The molecule has 0 atom stereocenters. The number of benzene rings is 1. The molecule has 0 saturated carbocycles. The SMILES string of the molecule is CCN1CCN(c2nc(-c3ccnc(Cl)c3)cc3ccccc23)CC1. The van der Waals surface area contributed by atoms with Crippen molar-refractivity contribution >= 4 is 28.2 Å². The molecule has 0 radical (unpaired) electrons. The van der Waals surface area contributed by atoms with E-state index in [1.54, 1.807) is 6.20 Å². The fourth-order valence-corrected chi connectivity index (χ4v) is 3.58. The van der Waals surface area contributed by atoms with Crippen molar-refractivity contribution in [1.82, 2.24) is 14.9 Å². The molecule has 4 nitrogen and oxygen atoms in total. The van der Waals surface area contributed by atoms with E-state index >= 15 is 0 Å². The third-order valence-electron chi connectivity index (χ3n) is 4.86. The average molecular weight is 353 g/mol. The van der Waals surface area contributed by atoms with Gasteiger partial charge in [-0.05, 0) is 30.1 Å². The Labute approximate surface area is 153 Å². The summed E-state index contributed by atoms with van der Waals surface area (Å²) in [6.07, 6.45) is 1.73. The van der Waals surface area contributed by atoms with Gasteiger partial charge in [0.25, 0.3) is 0 Å². The Hall–Kier alpha value is -2.17.